The molecule has 0 radical (unpaired) electrons. The molecule has 0 saturated carbocycles. The number of ether oxygens (including phenoxy) is 1. The molecule has 0 atom stereocenters. The third-order valence-electron chi connectivity index (χ3n) is 1.62. The van der Waals surface area contributed by atoms with Gasteiger partial charge in [0.25, 0.3) is 0 Å². The number of rotatable bonds is 2. The van der Waals surface area contributed by atoms with Gasteiger partial charge in [0.1, 0.15) is 0 Å². The van der Waals surface area contributed by atoms with Gasteiger partial charge in [0, 0.05) is 6.07 Å². The maximum Gasteiger partial charge on any atom is 0.243 e. The number of nitrogens with zero attached hydrogens (tertiary/aromatic N) is 4. The molecule has 2 N–H and O–H groups in total. The first-order valence-corrected chi connectivity index (χ1v) is 4.31. The highest BCUT2D eigenvalue weighted by Crippen LogP contribution is 2.10. The Morgan fingerprint density at radius 1 is 1.36 bits per heavy atom. The summed E-state index contributed by atoms with van der Waals surface area (Å²) in [5, 5.41) is 11.6. The molecule has 0 aliphatic heterocycles. The van der Waals surface area contributed by atoms with Crippen LogP contribution in [0.3, 0.4) is 0 Å². The summed E-state index contributed by atoms with van der Waals surface area (Å²) in [6.45, 7) is 3.86. The molecule has 0 aromatic carbocycles. The maximum absolute atomic E-state index is 5.55. The topological polar surface area (TPSA) is 78.3 Å². The van der Waals surface area contributed by atoms with E-state index in [1.165, 1.54) is 4.52 Å². The van der Waals surface area contributed by atoms with Gasteiger partial charge in [-0.05, 0) is 19.9 Å². The molecule has 0 amide bonds. The quantitative estimate of drug-likeness (QED) is 0.751. The fourth-order valence-electron chi connectivity index (χ4n) is 1.09. The van der Waals surface area contributed by atoms with Gasteiger partial charge in [-0.2, -0.15) is 4.52 Å². The van der Waals surface area contributed by atoms with Gasteiger partial charge < -0.3 is 10.5 Å². The predicted molar refractivity (Wildman–Crippen MR) is 51.0 cm³/mol. The van der Waals surface area contributed by atoms with Crippen LogP contribution in [0.1, 0.15) is 13.8 Å². The molecule has 0 fully saturated rings. The highest BCUT2D eigenvalue weighted by Gasteiger charge is 2.05. The van der Waals surface area contributed by atoms with Crippen LogP contribution in [0.25, 0.3) is 5.65 Å². The normalized spacial score (nSPS) is 11.1. The van der Waals surface area contributed by atoms with Crippen LogP contribution in [-0.2, 0) is 0 Å². The lowest BCUT2D eigenvalue weighted by Gasteiger charge is -2.07. The van der Waals surface area contributed by atoms with Crippen molar-refractivity contribution in [3.05, 3.63) is 12.1 Å². The van der Waals surface area contributed by atoms with Gasteiger partial charge in [0.2, 0.25) is 11.8 Å². The number of aromatic nitrogens is 4. The van der Waals surface area contributed by atoms with E-state index in [0.717, 1.165) is 0 Å². The molecular formula is C8H11N5O. The largest absolute Gasteiger partial charge is 0.474 e. The average Bonchev–Trinajstić information content (AvgIpc) is 2.47. The molecule has 14 heavy (non-hydrogen) atoms. The summed E-state index contributed by atoms with van der Waals surface area (Å²) in [5.74, 6) is 0.771. The zero-order valence-corrected chi connectivity index (χ0v) is 8.01. The van der Waals surface area contributed by atoms with Crippen molar-refractivity contribution in [2.75, 3.05) is 5.73 Å². The van der Waals surface area contributed by atoms with Crippen LogP contribution < -0.4 is 10.5 Å². The molecule has 6 nitrogen and oxygen atoms in total. The molecule has 2 aromatic heterocycles. The molecule has 0 unspecified atom stereocenters. The van der Waals surface area contributed by atoms with Crippen molar-refractivity contribution >= 4 is 11.6 Å². The highest BCUT2D eigenvalue weighted by atomic mass is 16.5. The van der Waals surface area contributed by atoms with Crippen molar-refractivity contribution in [1.82, 2.24) is 19.8 Å². The lowest BCUT2D eigenvalue weighted by molar-refractivity contribution is 0.229. The van der Waals surface area contributed by atoms with Gasteiger partial charge in [-0.15, -0.1) is 15.3 Å². The number of hydrogen-bond acceptors (Lipinski definition) is 5. The van der Waals surface area contributed by atoms with Crippen LogP contribution in [0.15, 0.2) is 12.1 Å². The summed E-state index contributed by atoms with van der Waals surface area (Å²) >= 11 is 0. The van der Waals surface area contributed by atoms with Crippen LogP contribution in [0.5, 0.6) is 5.88 Å². The highest BCUT2D eigenvalue weighted by molar-refractivity contribution is 5.42. The zero-order chi connectivity index (χ0) is 10.1. The maximum atomic E-state index is 5.55. The number of anilines is 1. The van der Waals surface area contributed by atoms with Crippen molar-refractivity contribution in [1.29, 1.82) is 0 Å². The molecule has 6 heteroatoms. The fourth-order valence-corrected chi connectivity index (χ4v) is 1.09. The molecule has 2 aromatic rings. The lowest BCUT2D eigenvalue weighted by Crippen LogP contribution is -2.09. The van der Waals surface area contributed by atoms with Crippen molar-refractivity contribution in [2.45, 2.75) is 20.0 Å². The van der Waals surface area contributed by atoms with Crippen molar-refractivity contribution < 1.29 is 4.74 Å². The Hall–Kier alpha value is -1.85. The summed E-state index contributed by atoms with van der Waals surface area (Å²) in [7, 11) is 0. The second-order valence-electron chi connectivity index (χ2n) is 3.17. The van der Waals surface area contributed by atoms with Crippen LogP contribution in [0, 0.1) is 0 Å². The molecular weight excluding hydrogens is 182 g/mol. The van der Waals surface area contributed by atoms with Crippen LogP contribution in [-0.4, -0.2) is 25.9 Å². The fraction of sp³-hybridized carbons (Fsp3) is 0.375. The van der Waals surface area contributed by atoms with E-state index >= 15 is 0 Å². The Bertz CT molecular complexity index is 450. The summed E-state index contributed by atoms with van der Waals surface area (Å²) in [6.07, 6.45) is 0.0812. The molecule has 0 aliphatic carbocycles. The second-order valence-corrected chi connectivity index (χ2v) is 3.17. The smallest absolute Gasteiger partial charge is 0.243 e. The minimum Gasteiger partial charge on any atom is -0.474 e. The SMILES string of the molecule is CC(C)Oc1ccc2nnc(N)n2n1. The van der Waals surface area contributed by atoms with E-state index in [0.29, 0.717) is 11.5 Å². The van der Waals surface area contributed by atoms with Gasteiger partial charge in [0.05, 0.1) is 6.10 Å². The van der Waals surface area contributed by atoms with Crippen LogP contribution in [0.4, 0.5) is 5.95 Å². The number of hydrogen-bond donors (Lipinski definition) is 1. The third-order valence-corrected chi connectivity index (χ3v) is 1.62. The Morgan fingerprint density at radius 2 is 2.14 bits per heavy atom. The minimum atomic E-state index is 0.0812. The van der Waals surface area contributed by atoms with E-state index in [9.17, 15) is 0 Å². The van der Waals surface area contributed by atoms with E-state index in [1.54, 1.807) is 12.1 Å². The lowest BCUT2D eigenvalue weighted by atomic mass is 10.5. The molecule has 0 bridgehead atoms. The predicted octanol–water partition coefficient (Wildman–Crippen LogP) is 0.494. The standard InChI is InChI=1S/C8H11N5O/c1-5(2)14-7-4-3-6-10-11-8(9)13(6)12-7/h3-5H,1-2H3,(H2,9,11). The van der Waals surface area contributed by atoms with Crippen molar-refractivity contribution in [3.8, 4) is 5.88 Å². The molecule has 0 spiro atoms. The van der Waals surface area contributed by atoms with Crippen LogP contribution in [0.2, 0.25) is 0 Å². The summed E-state index contributed by atoms with van der Waals surface area (Å²) in [5.41, 5.74) is 6.16. The molecule has 74 valence electrons. The van der Waals surface area contributed by atoms with E-state index in [-0.39, 0.29) is 12.1 Å². The van der Waals surface area contributed by atoms with E-state index in [2.05, 4.69) is 15.3 Å². The van der Waals surface area contributed by atoms with Gasteiger partial charge in [-0.25, -0.2) is 0 Å². The number of fused-ring (bicyclic) bond motifs is 1. The Kier molecular flexibility index (Phi) is 1.95. The first-order chi connectivity index (χ1) is 6.66. The summed E-state index contributed by atoms with van der Waals surface area (Å²) in [6, 6.07) is 3.50. The summed E-state index contributed by atoms with van der Waals surface area (Å²) in [4.78, 5) is 0. The second kappa shape index (κ2) is 3.13. The van der Waals surface area contributed by atoms with Gasteiger partial charge in [-0.1, -0.05) is 0 Å². The third kappa shape index (κ3) is 1.46. The molecule has 2 rings (SSSR count). The Morgan fingerprint density at radius 3 is 2.86 bits per heavy atom. The number of nitrogens with two attached hydrogens (primary N) is 1. The molecule has 2 heterocycles. The van der Waals surface area contributed by atoms with E-state index in [1.807, 2.05) is 13.8 Å². The Labute approximate surface area is 80.7 Å². The molecule has 0 saturated heterocycles. The number of nitrogen functional groups attached to an aromatic ring is 1. The monoisotopic (exact) mass is 193 g/mol. The van der Waals surface area contributed by atoms with Crippen LogP contribution >= 0.6 is 0 Å². The average molecular weight is 193 g/mol. The first kappa shape index (κ1) is 8.74. The zero-order valence-electron chi connectivity index (χ0n) is 8.01. The molecule has 0 aliphatic rings. The van der Waals surface area contributed by atoms with Gasteiger partial charge in [0.15, 0.2) is 5.65 Å². The minimum absolute atomic E-state index is 0.0812. The van der Waals surface area contributed by atoms with Gasteiger partial charge >= 0.3 is 0 Å². The Balaban J connectivity index is 2.44. The summed E-state index contributed by atoms with van der Waals surface area (Å²) < 4.78 is 6.85. The van der Waals surface area contributed by atoms with Crippen molar-refractivity contribution in [2.24, 2.45) is 0 Å². The van der Waals surface area contributed by atoms with E-state index in [4.69, 9.17) is 10.5 Å². The van der Waals surface area contributed by atoms with Gasteiger partial charge in [-0.3, -0.25) is 0 Å². The van der Waals surface area contributed by atoms with E-state index < -0.39 is 0 Å². The first-order valence-electron chi connectivity index (χ1n) is 4.31. The van der Waals surface area contributed by atoms with Crippen molar-refractivity contribution in [3.63, 3.8) is 0 Å².